The number of hydrogen-bond acceptors (Lipinski definition) is 4. The first-order chi connectivity index (χ1) is 14.0. The molecule has 30 heavy (non-hydrogen) atoms. The molecule has 1 atom stereocenters. The number of carbonyl (C=O) groups excluding carboxylic acids is 3. The van der Waals surface area contributed by atoms with Crippen molar-refractivity contribution in [2.45, 2.75) is 46.1 Å². The number of esters is 1. The van der Waals surface area contributed by atoms with Crippen LogP contribution in [0.15, 0.2) is 48.5 Å². The van der Waals surface area contributed by atoms with Crippen LogP contribution in [-0.4, -0.2) is 30.3 Å². The number of hydrogen-bond donors (Lipinski definition) is 1. The van der Waals surface area contributed by atoms with Crippen molar-refractivity contribution < 1.29 is 19.1 Å². The van der Waals surface area contributed by atoms with Crippen LogP contribution >= 0.6 is 11.6 Å². The van der Waals surface area contributed by atoms with Crippen LogP contribution in [-0.2, 0) is 14.9 Å². The second kappa shape index (κ2) is 9.90. The Labute approximate surface area is 182 Å². The molecular weight excluding hydrogens is 402 g/mol. The Balaban J connectivity index is 2.00. The fraction of sp³-hybridized carbons (Fsp3) is 0.375. The summed E-state index contributed by atoms with van der Waals surface area (Å²) in [5, 5.41) is 3.23. The third kappa shape index (κ3) is 6.42. The summed E-state index contributed by atoms with van der Waals surface area (Å²) in [6.07, 6.45) is 0. The van der Waals surface area contributed by atoms with Gasteiger partial charge in [-0.25, -0.2) is 4.79 Å². The van der Waals surface area contributed by atoms with E-state index in [-0.39, 0.29) is 23.0 Å². The van der Waals surface area contributed by atoms with Crippen LogP contribution in [0.1, 0.15) is 60.9 Å². The van der Waals surface area contributed by atoms with E-state index in [0.717, 1.165) is 5.56 Å². The third-order valence-electron chi connectivity index (χ3n) is 4.73. The van der Waals surface area contributed by atoms with E-state index in [0.29, 0.717) is 16.1 Å². The average Bonchev–Trinajstić information content (AvgIpc) is 2.69. The van der Waals surface area contributed by atoms with Crippen molar-refractivity contribution in [2.24, 2.45) is 5.92 Å². The molecule has 0 spiro atoms. The lowest BCUT2D eigenvalue weighted by atomic mass is 9.86. The molecule has 2 aromatic carbocycles. The largest absolute Gasteiger partial charge is 0.456 e. The van der Waals surface area contributed by atoms with Crippen molar-refractivity contribution in [1.82, 2.24) is 5.32 Å². The smallest absolute Gasteiger partial charge is 0.329 e. The molecule has 2 aromatic rings. The molecule has 0 aromatic heterocycles. The van der Waals surface area contributed by atoms with Crippen molar-refractivity contribution in [1.29, 1.82) is 0 Å². The fourth-order valence-electron chi connectivity index (χ4n) is 2.79. The second-order valence-electron chi connectivity index (χ2n) is 8.56. The fourth-order valence-corrected chi connectivity index (χ4v) is 2.92. The maximum Gasteiger partial charge on any atom is 0.329 e. The molecule has 160 valence electrons. The standard InChI is InChI=1S/C24H28ClNO4/c1-15(2)21(23(29)30-14-20(27)16-8-12-19(25)13-9-16)26-22(28)17-6-10-18(11-7-17)24(3,4)5/h6-13,15,21H,14H2,1-5H3,(H,26,28)/t21-/m1/s1. The predicted octanol–water partition coefficient (Wildman–Crippen LogP) is 4.82. The van der Waals surface area contributed by atoms with Gasteiger partial charge in [0.05, 0.1) is 0 Å². The van der Waals surface area contributed by atoms with Crippen LogP contribution in [0.3, 0.4) is 0 Å². The van der Waals surface area contributed by atoms with Crippen LogP contribution in [0.4, 0.5) is 0 Å². The van der Waals surface area contributed by atoms with Crippen LogP contribution in [0, 0.1) is 5.92 Å². The monoisotopic (exact) mass is 429 g/mol. The van der Waals surface area contributed by atoms with Gasteiger partial charge in [-0.05, 0) is 53.3 Å². The van der Waals surface area contributed by atoms with Crippen molar-refractivity contribution in [3.05, 3.63) is 70.2 Å². The molecular formula is C24H28ClNO4. The third-order valence-corrected chi connectivity index (χ3v) is 4.98. The maximum absolute atomic E-state index is 12.6. The molecule has 0 aliphatic rings. The molecule has 0 bridgehead atoms. The van der Waals surface area contributed by atoms with Crippen LogP contribution in [0.5, 0.6) is 0 Å². The van der Waals surface area contributed by atoms with Crippen molar-refractivity contribution in [3.8, 4) is 0 Å². The first-order valence-corrected chi connectivity index (χ1v) is 10.2. The first-order valence-electron chi connectivity index (χ1n) is 9.86. The molecule has 0 aliphatic carbocycles. The van der Waals surface area contributed by atoms with Gasteiger partial charge in [-0.1, -0.05) is 58.4 Å². The highest BCUT2D eigenvalue weighted by Gasteiger charge is 2.27. The van der Waals surface area contributed by atoms with E-state index in [2.05, 4.69) is 26.1 Å². The number of benzene rings is 2. The molecule has 0 unspecified atom stereocenters. The van der Waals surface area contributed by atoms with Gasteiger partial charge in [-0.2, -0.15) is 0 Å². The minimum Gasteiger partial charge on any atom is -0.456 e. The van der Waals surface area contributed by atoms with Gasteiger partial charge < -0.3 is 10.1 Å². The zero-order valence-electron chi connectivity index (χ0n) is 18.0. The zero-order valence-corrected chi connectivity index (χ0v) is 18.7. The van der Waals surface area contributed by atoms with Crippen molar-refractivity contribution in [3.63, 3.8) is 0 Å². The molecule has 0 fully saturated rings. The van der Waals surface area contributed by atoms with Crippen molar-refractivity contribution in [2.75, 3.05) is 6.61 Å². The number of ether oxygens (including phenoxy) is 1. The van der Waals surface area contributed by atoms with E-state index in [1.807, 2.05) is 12.1 Å². The number of rotatable bonds is 7. The number of carbonyl (C=O) groups is 3. The number of Topliss-reactive ketones (excluding diaryl/α,β-unsaturated/α-hetero) is 1. The summed E-state index contributed by atoms with van der Waals surface area (Å²) in [7, 11) is 0. The summed E-state index contributed by atoms with van der Waals surface area (Å²) in [5.41, 5.74) is 1.95. The highest BCUT2D eigenvalue weighted by Crippen LogP contribution is 2.22. The van der Waals surface area contributed by atoms with E-state index in [9.17, 15) is 14.4 Å². The Morgan fingerprint density at radius 2 is 1.47 bits per heavy atom. The van der Waals surface area contributed by atoms with Crippen molar-refractivity contribution >= 4 is 29.3 Å². The van der Waals surface area contributed by atoms with E-state index in [1.165, 1.54) is 0 Å². The van der Waals surface area contributed by atoms with Gasteiger partial charge in [-0.15, -0.1) is 0 Å². The molecule has 0 saturated heterocycles. The molecule has 6 heteroatoms. The van der Waals surface area contributed by atoms with Gasteiger partial charge in [0.2, 0.25) is 0 Å². The Kier molecular flexibility index (Phi) is 7.79. The lowest BCUT2D eigenvalue weighted by molar-refractivity contribution is -0.145. The Hall–Kier alpha value is -2.66. The van der Waals surface area contributed by atoms with Crippen LogP contribution < -0.4 is 5.32 Å². The molecule has 0 aliphatic heterocycles. The van der Waals surface area contributed by atoms with E-state index in [1.54, 1.807) is 50.2 Å². The summed E-state index contributed by atoms with van der Waals surface area (Å²) < 4.78 is 5.18. The molecule has 5 nitrogen and oxygen atoms in total. The zero-order chi connectivity index (χ0) is 22.5. The highest BCUT2D eigenvalue weighted by atomic mass is 35.5. The number of halogens is 1. The first kappa shape index (κ1) is 23.6. The van der Waals surface area contributed by atoms with Gasteiger partial charge in [0, 0.05) is 16.1 Å². The molecule has 0 radical (unpaired) electrons. The molecule has 1 amide bonds. The van der Waals surface area contributed by atoms with Gasteiger partial charge in [0.15, 0.2) is 12.4 Å². The topological polar surface area (TPSA) is 72.5 Å². The predicted molar refractivity (Wildman–Crippen MR) is 118 cm³/mol. The Morgan fingerprint density at radius 1 is 0.933 bits per heavy atom. The van der Waals surface area contributed by atoms with Crippen LogP contribution in [0.25, 0.3) is 0 Å². The minimum atomic E-state index is -0.863. The van der Waals surface area contributed by atoms with E-state index >= 15 is 0 Å². The summed E-state index contributed by atoms with van der Waals surface area (Å²) in [5.74, 6) is -1.56. The lowest BCUT2D eigenvalue weighted by Crippen LogP contribution is -2.45. The second-order valence-corrected chi connectivity index (χ2v) is 9.00. The molecule has 0 saturated carbocycles. The number of amides is 1. The average molecular weight is 430 g/mol. The summed E-state index contributed by atoms with van der Waals surface area (Å²) >= 11 is 5.81. The summed E-state index contributed by atoms with van der Waals surface area (Å²) in [6.45, 7) is 9.49. The van der Waals surface area contributed by atoms with E-state index in [4.69, 9.17) is 16.3 Å². The summed E-state index contributed by atoms with van der Waals surface area (Å²) in [4.78, 5) is 37.3. The van der Waals surface area contributed by atoms with Gasteiger partial charge in [0.25, 0.3) is 5.91 Å². The van der Waals surface area contributed by atoms with E-state index < -0.39 is 18.6 Å². The lowest BCUT2D eigenvalue weighted by Gasteiger charge is -2.22. The maximum atomic E-state index is 12.6. The quantitative estimate of drug-likeness (QED) is 0.506. The van der Waals surface area contributed by atoms with Gasteiger partial charge in [0.1, 0.15) is 6.04 Å². The Bertz CT molecular complexity index is 896. The number of nitrogens with one attached hydrogen (secondary N) is 1. The van der Waals surface area contributed by atoms with Crippen LogP contribution in [0.2, 0.25) is 5.02 Å². The molecule has 0 heterocycles. The number of ketones is 1. The normalized spacial score (nSPS) is 12.4. The molecule has 2 rings (SSSR count). The SMILES string of the molecule is CC(C)[C@@H](NC(=O)c1ccc(C(C)(C)C)cc1)C(=O)OCC(=O)c1ccc(Cl)cc1. The summed E-state index contributed by atoms with van der Waals surface area (Å²) in [6, 6.07) is 12.8. The molecule has 1 N–H and O–H groups in total. The minimum absolute atomic E-state index is 0.0180. The highest BCUT2D eigenvalue weighted by molar-refractivity contribution is 6.30. The van der Waals surface area contributed by atoms with Gasteiger partial charge >= 0.3 is 5.97 Å². The van der Waals surface area contributed by atoms with Gasteiger partial charge in [-0.3, -0.25) is 9.59 Å². The Morgan fingerprint density at radius 3 is 1.97 bits per heavy atom.